The maximum absolute atomic E-state index is 12.9. The number of amides is 2. The van der Waals surface area contributed by atoms with Crippen LogP contribution in [0.1, 0.15) is 26.3 Å². The van der Waals surface area contributed by atoms with Crippen LogP contribution in [0.4, 0.5) is 11.4 Å². The van der Waals surface area contributed by atoms with Crippen LogP contribution >= 0.6 is 34.2 Å². The predicted octanol–water partition coefficient (Wildman–Crippen LogP) is 5.47. The lowest BCUT2D eigenvalue weighted by Crippen LogP contribution is -2.49. The minimum Gasteiger partial charge on any atom is -0.367 e. The summed E-state index contributed by atoms with van der Waals surface area (Å²) in [5.41, 5.74) is 3.93. The summed E-state index contributed by atoms with van der Waals surface area (Å²) in [6.07, 6.45) is 0. The molecule has 2 amide bonds. The number of rotatable bonds is 4. The van der Waals surface area contributed by atoms with Crippen molar-refractivity contribution in [2.75, 3.05) is 36.4 Å². The average molecular weight is 560 g/mol. The molecule has 1 heterocycles. The molecule has 0 aromatic heterocycles. The Morgan fingerprint density at radius 3 is 2.22 bits per heavy atom. The summed E-state index contributed by atoms with van der Waals surface area (Å²) in [5, 5.41) is 3.49. The van der Waals surface area contributed by atoms with Crippen LogP contribution in [0.2, 0.25) is 5.02 Å². The van der Waals surface area contributed by atoms with E-state index in [4.69, 9.17) is 11.6 Å². The fourth-order valence-corrected chi connectivity index (χ4v) is 4.75. The Morgan fingerprint density at radius 1 is 0.906 bits per heavy atom. The highest BCUT2D eigenvalue weighted by molar-refractivity contribution is 14.1. The Balaban J connectivity index is 1.40. The summed E-state index contributed by atoms with van der Waals surface area (Å²) in [7, 11) is 0. The lowest BCUT2D eigenvalue weighted by atomic mass is 10.1. The van der Waals surface area contributed by atoms with Crippen molar-refractivity contribution in [2.45, 2.75) is 6.92 Å². The molecular formula is C25H23ClIN3O2. The van der Waals surface area contributed by atoms with E-state index in [1.807, 2.05) is 66.4 Å². The standard InChI is InChI=1S/C25H23ClIN3O2/c1-17-6-2-3-7-19(17)25(32)30-14-12-29(13-15-30)23-11-10-18(16-21(23)26)28-24(31)20-8-4-5-9-22(20)27/h2-11,16H,12-15H2,1H3,(H,28,31). The topological polar surface area (TPSA) is 52.7 Å². The lowest BCUT2D eigenvalue weighted by Gasteiger charge is -2.36. The van der Waals surface area contributed by atoms with Crippen molar-refractivity contribution in [1.82, 2.24) is 4.90 Å². The molecule has 3 aromatic rings. The van der Waals surface area contributed by atoms with Gasteiger partial charge in [-0.1, -0.05) is 41.9 Å². The molecule has 0 spiro atoms. The Morgan fingerprint density at radius 2 is 1.56 bits per heavy atom. The third-order valence-corrected chi connectivity index (χ3v) is 6.85. The maximum Gasteiger partial charge on any atom is 0.256 e. The summed E-state index contributed by atoms with van der Waals surface area (Å²) in [6, 6.07) is 20.7. The van der Waals surface area contributed by atoms with Crippen molar-refractivity contribution < 1.29 is 9.59 Å². The molecule has 0 aliphatic carbocycles. The SMILES string of the molecule is Cc1ccccc1C(=O)N1CCN(c2ccc(NC(=O)c3ccccc3I)cc2Cl)CC1. The number of benzene rings is 3. The molecule has 32 heavy (non-hydrogen) atoms. The van der Waals surface area contributed by atoms with Crippen molar-refractivity contribution in [3.05, 3.63) is 92.0 Å². The van der Waals surface area contributed by atoms with E-state index in [9.17, 15) is 9.59 Å². The van der Waals surface area contributed by atoms with E-state index in [1.54, 1.807) is 12.1 Å². The van der Waals surface area contributed by atoms with E-state index in [-0.39, 0.29) is 11.8 Å². The number of hydrogen-bond donors (Lipinski definition) is 1. The molecule has 1 aliphatic heterocycles. The molecule has 4 rings (SSSR count). The Kier molecular flexibility index (Phi) is 7.01. The number of anilines is 2. The van der Waals surface area contributed by atoms with Gasteiger partial charge in [-0.3, -0.25) is 9.59 Å². The van der Waals surface area contributed by atoms with Gasteiger partial charge in [0.05, 0.1) is 16.3 Å². The number of aryl methyl sites for hydroxylation is 1. The number of carbonyl (C=O) groups excluding carboxylic acids is 2. The summed E-state index contributed by atoms with van der Waals surface area (Å²) >= 11 is 8.71. The Hall–Kier alpha value is -2.58. The zero-order valence-corrected chi connectivity index (χ0v) is 20.6. The van der Waals surface area contributed by atoms with Crippen LogP contribution in [0.25, 0.3) is 0 Å². The molecule has 0 atom stereocenters. The van der Waals surface area contributed by atoms with Gasteiger partial charge in [-0.2, -0.15) is 0 Å². The molecular weight excluding hydrogens is 537 g/mol. The monoisotopic (exact) mass is 559 g/mol. The largest absolute Gasteiger partial charge is 0.367 e. The van der Waals surface area contributed by atoms with Gasteiger partial charge in [-0.15, -0.1) is 0 Å². The molecule has 0 radical (unpaired) electrons. The van der Waals surface area contributed by atoms with Gasteiger partial charge >= 0.3 is 0 Å². The lowest BCUT2D eigenvalue weighted by molar-refractivity contribution is 0.0746. The number of halogens is 2. The van der Waals surface area contributed by atoms with E-state index in [2.05, 4.69) is 32.8 Å². The highest BCUT2D eigenvalue weighted by Gasteiger charge is 2.24. The third kappa shape index (κ3) is 4.91. The van der Waals surface area contributed by atoms with E-state index < -0.39 is 0 Å². The minimum absolute atomic E-state index is 0.0717. The fourth-order valence-electron chi connectivity index (χ4n) is 3.82. The van der Waals surface area contributed by atoms with Crippen molar-refractivity contribution in [1.29, 1.82) is 0 Å². The van der Waals surface area contributed by atoms with Crippen molar-refractivity contribution >= 4 is 57.4 Å². The molecule has 5 nitrogen and oxygen atoms in total. The van der Waals surface area contributed by atoms with E-state index >= 15 is 0 Å². The van der Waals surface area contributed by atoms with Crippen LogP contribution in [0.15, 0.2) is 66.7 Å². The first-order valence-corrected chi connectivity index (χ1v) is 11.8. The molecule has 1 fully saturated rings. The first-order chi connectivity index (χ1) is 15.4. The number of nitrogens with one attached hydrogen (secondary N) is 1. The van der Waals surface area contributed by atoms with Gasteiger partial charge < -0.3 is 15.1 Å². The van der Waals surface area contributed by atoms with Crippen molar-refractivity contribution in [3.63, 3.8) is 0 Å². The van der Waals surface area contributed by atoms with Crippen LogP contribution in [-0.4, -0.2) is 42.9 Å². The fraction of sp³-hybridized carbons (Fsp3) is 0.200. The number of nitrogens with zero attached hydrogens (tertiary/aromatic N) is 2. The normalized spacial score (nSPS) is 13.7. The predicted molar refractivity (Wildman–Crippen MR) is 138 cm³/mol. The summed E-state index contributed by atoms with van der Waals surface area (Å²) in [5.74, 6) is -0.0930. The van der Waals surface area contributed by atoms with Crippen LogP contribution in [0.3, 0.4) is 0 Å². The number of piperazine rings is 1. The second-order valence-electron chi connectivity index (χ2n) is 7.69. The molecule has 0 unspecified atom stereocenters. The summed E-state index contributed by atoms with van der Waals surface area (Å²) in [6.45, 7) is 4.63. The molecule has 1 N–H and O–H groups in total. The molecule has 0 bridgehead atoms. The molecule has 1 aliphatic rings. The highest BCUT2D eigenvalue weighted by Crippen LogP contribution is 2.30. The third-order valence-electron chi connectivity index (χ3n) is 5.61. The Bertz CT molecular complexity index is 1160. The van der Waals surface area contributed by atoms with Crippen LogP contribution in [0, 0.1) is 10.5 Å². The second-order valence-corrected chi connectivity index (χ2v) is 9.26. The van der Waals surface area contributed by atoms with E-state index in [0.717, 1.165) is 20.4 Å². The quantitative estimate of drug-likeness (QED) is 0.432. The van der Waals surface area contributed by atoms with Crippen LogP contribution in [0.5, 0.6) is 0 Å². The minimum atomic E-state index is -0.165. The van der Waals surface area contributed by atoms with E-state index in [1.165, 1.54) is 0 Å². The smallest absolute Gasteiger partial charge is 0.256 e. The zero-order valence-electron chi connectivity index (χ0n) is 17.6. The van der Waals surface area contributed by atoms with Crippen LogP contribution < -0.4 is 10.2 Å². The first-order valence-electron chi connectivity index (χ1n) is 10.4. The maximum atomic E-state index is 12.9. The Labute approximate surface area is 206 Å². The number of carbonyl (C=O) groups is 2. The first kappa shape index (κ1) is 22.6. The zero-order chi connectivity index (χ0) is 22.7. The molecule has 7 heteroatoms. The van der Waals surface area contributed by atoms with Gasteiger partial charge in [-0.25, -0.2) is 0 Å². The van der Waals surface area contributed by atoms with Gasteiger partial charge in [0.25, 0.3) is 11.8 Å². The molecule has 0 saturated carbocycles. The second kappa shape index (κ2) is 9.92. The van der Waals surface area contributed by atoms with Gasteiger partial charge in [0.1, 0.15) is 0 Å². The van der Waals surface area contributed by atoms with E-state index in [0.29, 0.717) is 42.5 Å². The summed E-state index contributed by atoms with van der Waals surface area (Å²) < 4.78 is 0.892. The van der Waals surface area contributed by atoms with Gasteiger partial charge in [0, 0.05) is 41.0 Å². The highest BCUT2D eigenvalue weighted by atomic mass is 127. The van der Waals surface area contributed by atoms with Crippen LogP contribution in [-0.2, 0) is 0 Å². The van der Waals surface area contributed by atoms with Gasteiger partial charge in [-0.05, 0) is 71.5 Å². The summed E-state index contributed by atoms with van der Waals surface area (Å²) in [4.78, 5) is 29.5. The molecule has 3 aromatic carbocycles. The van der Waals surface area contributed by atoms with Crippen molar-refractivity contribution in [3.8, 4) is 0 Å². The molecule has 164 valence electrons. The van der Waals surface area contributed by atoms with Gasteiger partial charge in [0.15, 0.2) is 0 Å². The molecule has 1 saturated heterocycles. The number of hydrogen-bond acceptors (Lipinski definition) is 3. The van der Waals surface area contributed by atoms with Gasteiger partial charge in [0.2, 0.25) is 0 Å². The average Bonchev–Trinajstić information content (AvgIpc) is 2.79. The van der Waals surface area contributed by atoms with Crippen molar-refractivity contribution in [2.24, 2.45) is 0 Å².